The number of nitrogens with one attached hydrogen (secondary N) is 1. The smallest absolute Gasteiger partial charge is 0.224 e. The van der Waals surface area contributed by atoms with Gasteiger partial charge in [0, 0.05) is 22.4 Å². The maximum atomic E-state index is 12.0. The zero-order valence-corrected chi connectivity index (χ0v) is 13.4. The van der Waals surface area contributed by atoms with Gasteiger partial charge >= 0.3 is 0 Å². The average molecular weight is 369 g/mol. The van der Waals surface area contributed by atoms with E-state index in [-0.39, 0.29) is 11.3 Å². The van der Waals surface area contributed by atoms with Gasteiger partial charge in [-0.25, -0.2) is 0 Å². The van der Waals surface area contributed by atoms with Crippen molar-refractivity contribution in [3.63, 3.8) is 0 Å². The fourth-order valence-electron chi connectivity index (χ4n) is 1.80. The van der Waals surface area contributed by atoms with Gasteiger partial charge in [-0.05, 0) is 40.1 Å². The van der Waals surface area contributed by atoms with Gasteiger partial charge < -0.3 is 5.32 Å². The highest BCUT2D eigenvalue weighted by Gasteiger charge is 2.17. The minimum Gasteiger partial charge on any atom is -0.324 e. The third-order valence-corrected chi connectivity index (χ3v) is 3.41. The van der Waals surface area contributed by atoms with Crippen molar-refractivity contribution in [2.75, 3.05) is 5.32 Å². The molecule has 0 unspecified atom stereocenters. The summed E-state index contributed by atoms with van der Waals surface area (Å²) in [6.07, 6.45) is 3.77. The molecule has 4 nitrogen and oxygen atoms in total. The van der Waals surface area contributed by atoms with Gasteiger partial charge in [-0.15, -0.1) is 0 Å². The summed E-state index contributed by atoms with van der Waals surface area (Å²) in [5.74, 6) is 0.000612. The number of aromatic nitrogens is 2. The molecule has 0 aliphatic heterocycles. The highest BCUT2D eigenvalue weighted by atomic mass is 127. The van der Waals surface area contributed by atoms with E-state index in [1.165, 1.54) is 0 Å². The van der Waals surface area contributed by atoms with Crippen molar-refractivity contribution in [3.8, 4) is 0 Å². The zero-order valence-electron chi connectivity index (χ0n) is 11.2. The fraction of sp³-hybridized carbons (Fsp3) is 0.357. The summed E-state index contributed by atoms with van der Waals surface area (Å²) in [6.45, 7) is 6.12. The van der Waals surface area contributed by atoms with Crippen LogP contribution >= 0.6 is 22.6 Å². The number of carbonyl (C=O) groups is 1. The summed E-state index contributed by atoms with van der Waals surface area (Å²) >= 11 is 2.22. The van der Waals surface area contributed by atoms with Gasteiger partial charge in [0.1, 0.15) is 11.0 Å². The van der Waals surface area contributed by atoms with E-state index in [9.17, 15) is 4.79 Å². The number of hydrogen-bond donors (Lipinski definition) is 1. The molecule has 0 saturated carbocycles. The number of carbonyl (C=O) groups excluding carboxylic acids is 1. The Kier molecular flexibility index (Phi) is 4.03. The van der Waals surface area contributed by atoms with Crippen LogP contribution in [0.3, 0.4) is 0 Å². The number of benzene rings is 1. The largest absolute Gasteiger partial charge is 0.324 e. The molecule has 1 heterocycles. The molecule has 5 heteroatoms. The van der Waals surface area contributed by atoms with Gasteiger partial charge in [0.05, 0.1) is 5.69 Å². The lowest BCUT2D eigenvalue weighted by molar-refractivity contribution is -0.117. The van der Waals surface area contributed by atoms with Crippen molar-refractivity contribution in [2.45, 2.75) is 27.2 Å². The van der Waals surface area contributed by atoms with Crippen LogP contribution in [0.4, 0.5) is 5.69 Å². The minimum absolute atomic E-state index is 0.000612. The van der Waals surface area contributed by atoms with Crippen molar-refractivity contribution in [1.82, 2.24) is 9.97 Å². The van der Waals surface area contributed by atoms with Gasteiger partial charge in [0.25, 0.3) is 0 Å². The lowest BCUT2D eigenvalue weighted by atomic mass is 9.92. The topological polar surface area (TPSA) is 54.9 Å². The van der Waals surface area contributed by atoms with Crippen molar-refractivity contribution in [2.24, 2.45) is 5.41 Å². The van der Waals surface area contributed by atoms with Crippen molar-refractivity contribution < 1.29 is 4.79 Å². The lowest BCUT2D eigenvalue weighted by Gasteiger charge is -2.17. The number of nitrogens with zero attached hydrogens (tertiary/aromatic N) is 2. The number of hydrogen-bond acceptors (Lipinski definition) is 3. The van der Waals surface area contributed by atoms with Crippen molar-refractivity contribution >= 4 is 45.2 Å². The molecule has 0 aliphatic rings. The molecule has 0 bridgehead atoms. The molecule has 2 aromatic rings. The molecule has 1 aromatic heterocycles. The van der Waals surface area contributed by atoms with E-state index in [1.807, 2.05) is 32.9 Å². The van der Waals surface area contributed by atoms with Crippen LogP contribution in [0.2, 0.25) is 0 Å². The van der Waals surface area contributed by atoms with Gasteiger partial charge in [-0.1, -0.05) is 20.8 Å². The highest BCUT2D eigenvalue weighted by Crippen LogP contribution is 2.25. The second kappa shape index (κ2) is 5.40. The predicted octanol–water partition coefficient (Wildman–Crippen LogP) is 3.61. The average Bonchev–Trinajstić information content (AvgIpc) is 2.31. The van der Waals surface area contributed by atoms with E-state index in [0.717, 1.165) is 20.3 Å². The number of rotatable bonds is 2. The monoisotopic (exact) mass is 369 g/mol. The number of anilines is 1. The molecular formula is C14H16IN3O. The van der Waals surface area contributed by atoms with Crippen LogP contribution in [0, 0.1) is 8.99 Å². The molecule has 0 radical (unpaired) electrons. The summed E-state index contributed by atoms with van der Waals surface area (Å²) < 4.78 is 1.02. The molecule has 100 valence electrons. The zero-order chi connectivity index (χ0) is 14.0. The Bertz CT molecular complexity index is 620. The Labute approximate surface area is 126 Å². The third-order valence-electron chi connectivity index (χ3n) is 2.54. The summed E-state index contributed by atoms with van der Waals surface area (Å²) in [6, 6.07) is 3.81. The minimum atomic E-state index is -0.0330. The number of halogens is 1. The van der Waals surface area contributed by atoms with E-state index in [1.54, 1.807) is 12.4 Å². The standard InChI is InChI=1S/C14H16IN3O/c1-14(2,3)8-11(19)18-10-5-4-9(15)12-13(10)17-7-6-16-12/h4-7H,8H2,1-3H3,(H,18,19). The van der Waals surface area contributed by atoms with Crippen molar-refractivity contribution in [3.05, 3.63) is 28.1 Å². The number of fused-ring (bicyclic) bond motifs is 1. The first-order valence-corrected chi connectivity index (χ1v) is 7.14. The Morgan fingerprint density at radius 1 is 1.21 bits per heavy atom. The maximum Gasteiger partial charge on any atom is 0.224 e. The molecule has 0 saturated heterocycles. The predicted molar refractivity (Wildman–Crippen MR) is 85.0 cm³/mol. The van der Waals surface area contributed by atoms with Crippen LogP contribution in [0.1, 0.15) is 27.2 Å². The van der Waals surface area contributed by atoms with Crippen molar-refractivity contribution in [1.29, 1.82) is 0 Å². The molecule has 0 spiro atoms. The summed E-state index contributed by atoms with van der Waals surface area (Å²) in [7, 11) is 0. The Balaban J connectivity index is 2.31. The van der Waals surface area contributed by atoms with Gasteiger partial charge in [0.15, 0.2) is 0 Å². The lowest BCUT2D eigenvalue weighted by Crippen LogP contribution is -2.20. The number of amides is 1. The normalized spacial score (nSPS) is 11.6. The second-order valence-corrected chi connectivity index (χ2v) is 6.80. The molecule has 0 aliphatic carbocycles. The molecule has 2 rings (SSSR count). The first-order valence-electron chi connectivity index (χ1n) is 6.06. The SMILES string of the molecule is CC(C)(C)CC(=O)Nc1ccc(I)c2nccnc12. The fourth-order valence-corrected chi connectivity index (χ4v) is 2.38. The first-order chi connectivity index (χ1) is 8.87. The summed E-state index contributed by atoms with van der Waals surface area (Å²) in [5, 5.41) is 2.92. The molecular weight excluding hydrogens is 353 g/mol. The van der Waals surface area contributed by atoms with Crippen LogP contribution in [0.25, 0.3) is 11.0 Å². The van der Waals surface area contributed by atoms with E-state index < -0.39 is 0 Å². The first kappa shape index (κ1) is 14.2. The van der Waals surface area contributed by atoms with E-state index in [2.05, 4.69) is 37.9 Å². The van der Waals surface area contributed by atoms with Crippen LogP contribution in [-0.2, 0) is 4.79 Å². The third kappa shape index (κ3) is 3.62. The molecule has 19 heavy (non-hydrogen) atoms. The van der Waals surface area contributed by atoms with E-state index in [4.69, 9.17) is 0 Å². The van der Waals surface area contributed by atoms with Gasteiger partial charge in [-0.3, -0.25) is 14.8 Å². The van der Waals surface area contributed by atoms with Crippen LogP contribution in [-0.4, -0.2) is 15.9 Å². The quantitative estimate of drug-likeness (QED) is 0.823. The molecule has 0 fully saturated rings. The molecule has 1 amide bonds. The Hall–Kier alpha value is -1.24. The van der Waals surface area contributed by atoms with Gasteiger partial charge in [-0.2, -0.15) is 0 Å². The van der Waals surface area contributed by atoms with Crippen LogP contribution in [0.15, 0.2) is 24.5 Å². The summed E-state index contributed by atoms with van der Waals surface area (Å²) in [4.78, 5) is 20.6. The van der Waals surface area contributed by atoms with E-state index in [0.29, 0.717) is 6.42 Å². The molecule has 1 N–H and O–H groups in total. The summed E-state index contributed by atoms with van der Waals surface area (Å²) in [5.41, 5.74) is 2.24. The van der Waals surface area contributed by atoms with Gasteiger partial charge in [0.2, 0.25) is 5.91 Å². The molecule has 0 atom stereocenters. The maximum absolute atomic E-state index is 12.0. The Morgan fingerprint density at radius 3 is 2.47 bits per heavy atom. The second-order valence-electron chi connectivity index (χ2n) is 5.63. The highest BCUT2D eigenvalue weighted by molar-refractivity contribution is 14.1. The molecule has 1 aromatic carbocycles. The Morgan fingerprint density at radius 2 is 1.84 bits per heavy atom. The van der Waals surface area contributed by atoms with E-state index >= 15 is 0 Å². The van der Waals surface area contributed by atoms with Crippen LogP contribution < -0.4 is 5.32 Å². The van der Waals surface area contributed by atoms with Crippen LogP contribution in [0.5, 0.6) is 0 Å².